The monoisotopic (exact) mass is 261 g/mol. The van der Waals surface area contributed by atoms with E-state index in [1.165, 1.54) is 13.2 Å². The summed E-state index contributed by atoms with van der Waals surface area (Å²) in [5.41, 5.74) is 0.557. The first kappa shape index (κ1) is 14.4. The van der Waals surface area contributed by atoms with Crippen molar-refractivity contribution in [2.24, 2.45) is 0 Å². The van der Waals surface area contributed by atoms with Crippen molar-refractivity contribution in [2.75, 3.05) is 27.3 Å². The van der Waals surface area contributed by atoms with E-state index < -0.39 is 6.10 Å². The van der Waals surface area contributed by atoms with Crippen molar-refractivity contribution in [3.8, 4) is 0 Å². The van der Waals surface area contributed by atoms with Crippen LogP contribution in [0.4, 0.5) is 4.39 Å². The summed E-state index contributed by atoms with van der Waals surface area (Å²) in [5.74, 6) is -0.328. The summed E-state index contributed by atoms with van der Waals surface area (Å²) in [4.78, 5) is 1.83. The van der Waals surface area contributed by atoms with Gasteiger partial charge in [-0.05, 0) is 19.2 Å². The second-order valence-electron chi connectivity index (χ2n) is 4.04. The van der Waals surface area contributed by atoms with Gasteiger partial charge in [0.2, 0.25) is 0 Å². The molecule has 0 fully saturated rings. The van der Waals surface area contributed by atoms with Crippen LogP contribution in [0.1, 0.15) is 5.56 Å². The number of likely N-dealkylation sites (N-methyl/N-ethyl adjacent to an activating group) is 1. The lowest BCUT2D eigenvalue weighted by Crippen LogP contribution is -2.31. The predicted octanol–water partition coefficient (Wildman–Crippen LogP) is 1.92. The maximum Gasteiger partial charge on any atom is 0.129 e. The molecule has 0 aromatic heterocycles. The van der Waals surface area contributed by atoms with Crippen molar-refractivity contribution < 1.29 is 14.2 Å². The smallest absolute Gasteiger partial charge is 0.129 e. The SMILES string of the molecule is COCC(O)CN(C)Cc1ccc(Cl)cc1F. The molecule has 0 aliphatic rings. The fraction of sp³-hybridized carbons (Fsp3) is 0.500. The van der Waals surface area contributed by atoms with E-state index in [0.29, 0.717) is 23.7 Å². The summed E-state index contributed by atoms with van der Waals surface area (Å²) < 4.78 is 18.3. The third-order valence-electron chi connectivity index (χ3n) is 2.34. The number of nitrogens with zero attached hydrogens (tertiary/aromatic N) is 1. The molecular weight excluding hydrogens is 245 g/mol. The van der Waals surface area contributed by atoms with Crippen LogP contribution in [0.15, 0.2) is 18.2 Å². The second-order valence-corrected chi connectivity index (χ2v) is 4.48. The zero-order valence-corrected chi connectivity index (χ0v) is 10.7. The molecule has 0 aliphatic carbocycles. The molecule has 1 aromatic carbocycles. The molecule has 1 aromatic rings. The van der Waals surface area contributed by atoms with Crippen LogP contribution in [0, 0.1) is 5.82 Å². The molecule has 0 aliphatic heterocycles. The zero-order chi connectivity index (χ0) is 12.8. The maximum absolute atomic E-state index is 13.5. The Kier molecular flexibility index (Phi) is 5.85. The Labute approximate surface area is 106 Å². The quantitative estimate of drug-likeness (QED) is 0.849. The summed E-state index contributed by atoms with van der Waals surface area (Å²) in [5, 5.41) is 9.91. The van der Waals surface area contributed by atoms with Crippen LogP contribution in [0.5, 0.6) is 0 Å². The first-order valence-electron chi connectivity index (χ1n) is 5.32. The van der Waals surface area contributed by atoms with Gasteiger partial charge in [0.25, 0.3) is 0 Å². The molecule has 0 bridgehead atoms. The molecule has 5 heteroatoms. The molecule has 1 atom stereocenters. The number of benzene rings is 1. The molecule has 0 spiro atoms. The maximum atomic E-state index is 13.5. The molecule has 0 heterocycles. The summed E-state index contributed by atoms with van der Waals surface area (Å²) in [7, 11) is 3.34. The number of ether oxygens (including phenoxy) is 1. The number of halogens is 2. The molecule has 0 amide bonds. The van der Waals surface area contributed by atoms with Gasteiger partial charge in [-0.3, -0.25) is 4.90 Å². The van der Waals surface area contributed by atoms with Gasteiger partial charge in [-0.2, -0.15) is 0 Å². The molecule has 96 valence electrons. The second kappa shape index (κ2) is 6.91. The van der Waals surface area contributed by atoms with Gasteiger partial charge < -0.3 is 9.84 Å². The average Bonchev–Trinajstić information content (AvgIpc) is 2.22. The normalized spacial score (nSPS) is 13.1. The highest BCUT2D eigenvalue weighted by Gasteiger charge is 2.10. The topological polar surface area (TPSA) is 32.7 Å². The van der Waals surface area contributed by atoms with Gasteiger partial charge in [-0.15, -0.1) is 0 Å². The summed E-state index contributed by atoms with van der Waals surface area (Å²) in [6.45, 7) is 1.12. The Hall–Kier alpha value is -0.680. The van der Waals surface area contributed by atoms with E-state index in [2.05, 4.69) is 0 Å². The molecule has 1 rings (SSSR count). The van der Waals surface area contributed by atoms with Crippen molar-refractivity contribution in [1.82, 2.24) is 4.90 Å². The van der Waals surface area contributed by atoms with Crippen LogP contribution < -0.4 is 0 Å². The van der Waals surface area contributed by atoms with Crippen LogP contribution in [-0.4, -0.2) is 43.4 Å². The number of rotatable bonds is 6. The van der Waals surface area contributed by atoms with Crippen LogP contribution in [0.25, 0.3) is 0 Å². The predicted molar refractivity (Wildman–Crippen MR) is 65.6 cm³/mol. The van der Waals surface area contributed by atoms with E-state index in [0.717, 1.165) is 0 Å². The molecule has 0 radical (unpaired) electrons. The average molecular weight is 262 g/mol. The van der Waals surface area contributed by atoms with E-state index in [1.807, 2.05) is 11.9 Å². The molecule has 1 unspecified atom stereocenters. The van der Waals surface area contributed by atoms with Gasteiger partial charge in [0.15, 0.2) is 0 Å². The van der Waals surface area contributed by atoms with Crippen LogP contribution in [0.3, 0.4) is 0 Å². The molecule has 3 nitrogen and oxygen atoms in total. The molecule has 0 saturated heterocycles. The number of hydrogen-bond acceptors (Lipinski definition) is 3. The Morgan fingerprint density at radius 1 is 1.53 bits per heavy atom. The minimum absolute atomic E-state index is 0.271. The van der Waals surface area contributed by atoms with Crippen LogP contribution in [-0.2, 0) is 11.3 Å². The van der Waals surface area contributed by atoms with Crippen molar-refractivity contribution in [3.05, 3.63) is 34.6 Å². The van der Waals surface area contributed by atoms with Gasteiger partial charge in [0.1, 0.15) is 5.82 Å². The van der Waals surface area contributed by atoms with E-state index in [4.69, 9.17) is 16.3 Å². The zero-order valence-electron chi connectivity index (χ0n) is 9.99. The minimum atomic E-state index is -0.569. The van der Waals surface area contributed by atoms with Gasteiger partial charge in [-0.25, -0.2) is 4.39 Å². The standard InChI is InChI=1S/C12H17ClFNO2/c1-15(7-11(16)8-17-2)6-9-3-4-10(13)5-12(9)14/h3-5,11,16H,6-8H2,1-2H3. The highest BCUT2D eigenvalue weighted by atomic mass is 35.5. The minimum Gasteiger partial charge on any atom is -0.389 e. The highest BCUT2D eigenvalue weighted by Crippen LogP contribution is 2.15. The van der Waals surface area contributed by atoms with Gasteiger partial charge >= 0.3 is 0 Å². The fourth-order valence-electron chi connectivity index (χ4n) is 1.61. The third kappa shape index (κ3) is 5.00. The lowest BCUT2D eigenvalue weighted by atomic mass is 10.2. The largest absolute Gasteiger partial charge is 0.389 e. The van der Waals surface area contributed by atoms with Gasteiger partial charge in [-0.1, -0.05) is 17.7 Å². The lowest BCUT2D eigenvalue weighted by molar-refractivity contribution is 0.0417. The van der Waals surface area contributed by atoms with Crippen molar-refractivity contribution >= 4 is 11.6 Å². The first-order chi connectivity index (χ1) is 8.02. The Morgan fingerprint density at radius 2 is 2.24 bits per heavy atom. The van der Waals surface area contributed by atoms with E-state index in [-0.39, 0.29) is 12.4 Å². The van der Waals surface area contributed by atoms with Crippen molar-refractivity contribution in [1.29, 1.82) is 0 Å². The van der Waals surface area contributed by atoms with Crippen molar-refractivity contribution in [3.63, 3.8) is 0 Å². The fourth-order valence-corrected chi connectivity index (χ4v) is 1.77. The third-order valence-corrected chi connectivity index (χ3v) is 2.57. The van der Waals surface area contributed by atoms with Crippen LogP contribution >= 0.6 is 11.6 Å². The summed E-state index contributed by atoms with van der Waals surface area (Å²) in [6, 6.07) is 4.59. The Balaban J connectivity index is 2.52. The number of hydrogen-bond donors (Lipinski definition) is 1. The highest BCUT2D eigenvalue weighted by molar-refractivity contribution is 6.30. The van der Waals surface area contributed by atoms with Crippen molar-refractivity contribution in [2.45, 2.75) is 12.6 Å². The molecule has 1 N–H and O–H groups in total. The number of methoxy groups -OCH3 is 1. The Morgan fingerprint density at radius 3 is 2.82 bits per heavy atom. The summed E-state index contributed by atoms with van der Waals surface area (Å²) >= 11 is 5.67. The van der Waals surface area contributed by atoms with Gasteiger partial charge in [0, 0.05) is 30.8 Å². The lowest BCUT2D eigenvalue weighted by Gasteiger charge is -2.20. The Bertz CT molecular complexity index is 362. The summed E-state index contributed by atoms with van der Waals surface area (Å²) in [6.07, 6.45) is -0.569. The molecule has 0 saturated carbocycles. The van der Waals surface area contributed by atoms with E-state index in [9.17, 15) is 9.50 Å². The number of aliphatic hydroxyl groups excluding tert-OH is 1. The van der Waals surface area contributed by atoms with Gasteiger partial charge in [0.05, 0.1) is 12.7 Å². The molecular formula is C12H17ClFNO2. The molecule has 17 heavy (non-hydrogen) atoms. The number of aliphatic hydroxyl groups is 1. The van der Waals surface area contributed by atoms with E-state index in [1.54, 1.807) is 12.1 Å². The van der Waals surface area contributed by atoms with Crippen LogP contribution in [0.2, 0.25) is 5.02 Å². The van der Waals surface area contributed by atoms with E-state index >= 15 is 0 Å². The first-order valence-corrected chi connectivity index (χ1v) is 5.70.